The van der Waals surface area contributed by atoms with Crippen LogP contribution in [0, 0.1) is 5.41 Å². The maximum absolute atomic E-state index is 11.3. The summed E-state index contributed by atoms with van der Waals surface area (Å²) in [4.78, 5) is 11.3. The quantitative estimate of drug-likeness (QED) is 0.704. The molecule has 0 saturated heterocycles. The van der Waals surface area contributed by atoms with Crippen LogP contribution in [0.2, 0.25) is 0 Å². The standard InChI is InChI=1S/C8H12N4O/c1-8(2-3-8)5-9-7(13)6-4-10-12-11-6/h4H,2-3,5H2,1H3,(H,9,13)(H,10,11,12). The van der Waals surface area contributed by atoms with Gasteiger partial charge < -0.3 is 5.32 Å². The molecule has 0 spiro atoms. The first-order valence-electron chi connectivity index (χ1n) is 4.34. The Morgan fingerprint density at radius 3 is 3.08 bits per heavy atom. The minimum atomic E-state index is -0.151. The molecule has 1 saturated carbocycles. The second-order valence-electron chi connectivity index (χ2n) is 3.85. The molecule has 1 aromatic rings. The van der Waals surface area contributed by atoms with Crippen LogP contribution in [0.5, 0.6) is 0 Å². The van der Waals surface area contributed by atoms with Gasteiger partial charge in [-0.2, -0.15) is 15.4 Å². The Kier molecular flexibility index (Phi) is 1.79. The van der Waals surface area contributed by atoms with Crippen LogP contribution in [0.15, 0.2) is 6.20 Å². The molecular weight excluding hydrogens is 168 g/mol. The molecule has 0 aliphatic heterocycles. The maximum Gasteiger partial charge on any atom is 0.273 e. The second kappa shape index (κ2) is 2.83. The molecule has 5 heteroatoms. The third-order valence-corrected chi connectivity index (χ3v) is 2.43. The smallest absolute Gasteiger partial charge is 0.273 e. The first-order valence-corrected chi connectivity index (χ1v) is 4.34. The molecule has 1 aliphatic carbocycles. The number of carbonyl (C=O) groups is 1. The molecule has 1 heterocycles. The lowest BCUT2D eigenvalue weighted by Crippen LogP contribution is -2.29. The van der Waals surface area contributed by atoms with E-state index in [1.807, 2.05) is 0 Å². The molecule has 0 aromatic carbocycles. The zero-order valence-corrected chi connectivity index (χ0v) is 7.50. The second-order valence-corrected chi connectivity index (χ2v) is 3.85. The SMILES string of the molecule is CC1(CNC(=O)c2cn[nH]n2)CC1. The molecule has 0 atom stereocenters. The van der Waals surface area contributed by atoms with Gasteiger partial charge in [0.05, 0.1) is 6.20 Å². The highest BCUT2D eigenvalue weighted by molar-refractivity contribution is 5.91. The summed E-state index contributed by atoms with van der Waals surface area (Å²) in [6, 6.07) is 0. The van der Waals surface area contributed by atoms with Gasteiger partial charge in [0.15, 0.2) is 5.69 Å². The topological polar surface area (TPSA) is 70.7 Å². The van der Waals surface area contributed by atoms with E-state index < -0.39 is 0 Å². The Labute approximate surface area is 75.9 Å². The summed E-state index contributed by atoms with van der Waals surface area (Å²) in [5, 5.41) is 12.5. The lowest BCUT2D eigenvalue weighted by molar-refractivity contribution is 0.0941. The van der Waals surface area contributed by atoms with Gasteiger partial charge >= 0.3 is 0 Å². The number of carbonyl (C=O) groups excluding carboxylic acids is 1. The van der Waals surface area contributed by atoms with Crippen molar-refractivity contribution in [2.24, 2.45) is 5.41 Å². The number of hydrogen-bond donors (Lipinski definition) is 2. The molecule has 1 fully saturated rings. The minimum absolute atomic E-state index is 0.151. The van der Waals surface area contributed by atoms with E-state index >= 15 is 0 Å². The number of amides is 1. The minimum Gasteiger partial charge on any atom is -0.350 e. The number of hydrogen-bond acceptors (Lipinski definition) is 3. The number of aromatic nitrogens is 3. The summed E-state index contributed by atoms with van der Waals surface area (Å²) in [5.41, 5.74) is 0.684. The van der Waals surface area contributed by atoms with Gasteiger partial charge in [0, 0.05) is 6.54 Å². The predicted molar refractivity (Wildman–Crippen MR) is 46.1 cm³/mol. The molecular formula is C8H12N4O. The van der Waals surface area contributed by atoms with E-state index in [0.29, 0.717) is 11.1 Å². The van der Waals surface area contributed by atoms with Crippen molar-refractivity contribution in [1.29, 1.82) is 0 Å². The van der Waals surface area contributed by atoms with Crippen LogP contribution in [-0.4, -0.2) is 27.9 Å². The molecule has 1 amide bonds. The average molecular weight is 180 g/mol. The van der Waals surface area contributed by atoms with E-state index in [1.54, 1.807) is 0 Å². The Morgan fingerprint density at radius 2 is 2.54 bits per heavy atom. The molecule has 5 nitrogen and oxygen atoms in total. The predicted octanol–water partition coefficient (Wildman–Crippen LogP) is 0.335. The Balaban J connectivity index is 1.85. The summed E-state index contributed by atoms with van der Waals surface area (Å²) >= 11 is 0. The van der Waals surface area contributed by atoms with Gasteiger partial charge in [-0.05, 0) is 18.3 Å². The van der Waals surface area contributed by atoms with Crippen molar-refractivity contribution in [2.75, 3.05) is 6.54 Å². The highest BCUT2D eigenvalue weighted by Crippen LogP contribution is 2.43. The maximum atomic E-state index is 11.3. The molecule has 1 aliphatic rings. The Morgan fingerprint density at radius 1 is 1.77 bits per heavy atom. The molecule has 13 heavy (non-hydrogen) atoms. The summed E-state index contributed by atoms with van der Waals surface area (Å²) in [6.45, 7) is 2.90. The lowest BCUT2D eigenvalue weighted by Gasteiger charge is -2.07. The number of rotatable bonds is 3. The molecule has 2 N–H and O–H groups in total. The Hall–Kier alpha value is -1.39. The molecule has 2 rings (SSSR count). The van der Waals surface area contributed by atoms with Crippen LogP contribution < -0.4 is 5.32 Å². The van der Waals surface area contributed by atoms with Gasteiger partial charge in [-0.25, -0.2) is 0 Å². The number of nitrogens with one attached hydrogen (secondary N) is 2. The van der Waals surface area contributed by atoms with Gasteiger partial charge in [0.2, 0.25) is 0 Å². The van der Waals surface area contributed by atoms with E-state index in [-0.39, 0.29) is 5.91 Å². The van der Waals surface area contributed by atoms with Gasteiger partial charge in [-0.3, -0.25) is 4.79 Å². The van der Waals surface area contributed by atoms with E-state index in [9.17, 15) is 4.79 Å². The third-order valence-electron chi connectivity index (χ3n) is 2.43. The molecule has 0 bridgehead atoms. The largest absolute Gasteiger partial charge is 0.350 e. The molecule has 0 radical (unpaired) electrons. The van der Waals surface area contributed by atoms with E-state index in [4.69, 9.17) is 0 Å². The van der Waals surface area contributed by atoms with Crippen LogP contribution in [0.3, 0.4) is 0 Å². The van der Waals surface area contributed by atoms with Crippen LogP contribution in [0.4, 0.5) is 0 Å². The third kappa shape index (κ3) is 1.85. The zero-order chi connectivity index (χ0) is 9.31. The van der Waals surface area contributed by atoms with Crippen LogP contribution >= 0.6 is 0 Å². The Bertz CT molecular complexity index is 302. The average Bonchev–Trinajstić information content (AvgIpc) is 2.69. The van der Waals surface area contributed by atoms with Crippen molar-refractivity contribution in [3.8, 4) is 0 Å². The number of H-pyrrole nitrogens is 1. The van der Waals surface area contributed by atoms with Gasteiger partial charge in [-0.15, -0.1) is 0 Å². The van der Waals surface area contributed by atoms with Crippen molar-refractivity contribution in [3.63, 3.8) is 0 Å². The fourth-order valence-electron chi connectivity index (χ4n) is 1.09. The molecule has 0 unspecified atom stereocenters. The first kappa shape index (κ1) is 8.22. The highest BCUT2D eigenvalue weighted by atomic mass is 16.1. The first-order chi connectivity index (χ1) is 6.20. The van der Waals surface area contributed by atoms with Crippen molar-refractivity contribution in [1.82, 2.24) is 20.7 Å². The van der Waals surface area contributed by atoms with Crippen molar-refractivity contribution in [3.05, 3.63) is 11.9 Å². The van der Waals surface area contributed by atoms with Gasteiger partial charge in [0.25, 0.3) is 5.91 Å². The summed E-state index contributed by atoms with van der Waals surface area (Å²) in [7, 11) is 0. The van der Waals surface area contributed by atoms with Gasteiger partial charge in [0.1, 0.15) is 0 Å². The van der Waals surface area contributed by atoms with Crippen LogP contribution in [0.1, 0.15) is 30.3 Å². The number of nitrogens with zero attached hydrogens (tertiary/aromatic N) is 2. The van der Waals surface area contributed by atoms with Crippen molar-refractivity contribution < 1.29 is 4.79 Å². The number of aromatic amines is 1. The monoisotopic (exact) mass is 180 g/mol. The summed E-state index contributed by atoms with van der Waals surface area (Å²) in [6.07, 6.45) is 3.82. The van der Waals surface area contributed by atoms with E-state index in [1.165, 1.54) is 19.0 Å². The zero-order valence-electron chi connectivity index (χ0n) is 7.50. The van der Waals surface area contributed by atoms with Crippen molar-refractivity contribution >= 4 is 5.91 Å². The van der Waals surface area contributed by atoms with Crippen LogP contribution in [-0.2, 0) is 0 Å². The van der Waals surface area contributed by atoms with E-state index in [2.05, 4.69) is 27.7 Å². The summed E-state index contributed by atoms with van der Waals surface area (Å²) < 4.78 is 0. The van der Waals surface area contributed by atoms with Gasteiger partial charge in [-0.1, -0.05) is 6.92 Å². The fourth-order valence-corrected chi connectivity index (χ4v) is 1.09. The van der Waals surface area contributed by atoms with Crippen molar-refractivity contribution in [2.45, 2.75) is 19.8 Å². The lowest BCUT2D eigenvalue weighted by atomic mass is 10.1. The normalized spacial score (nSPS) is 18.2. The summed E-state index contributed by atoms with van der Waals surface area (Å²) in [5.74, 6) is -0.151. The molecule has 1 aromatic heterocycles. The highest BCUT2D eigenvalue weighted by Gasteiger charge is 2.37. The van der Waals surface area contributed by atoms with Crippen LogP contribution in [0.25, 0.3) is 0 Å². The molecule has 70 valence electrons. The van der Waals surface area contributed by atoms with E-state index in [0.717, 1.165) is 6.54 Å². The fraction of sp³-hybridized carbons (Fsp3) is 0.625.